The molecule has 0 unspecified atom stereocenters. The number of piperazine rings is 1. The van der Waals surface area contributed by atoms with Crippen LogP contribution in [-0.2, 0) is 6.18 Å². The van der Waals surface area contributed by atoms with Crippen LogP contribution in [0.25, 0.3) is 11.0 Å². The van der Waals surface area contributed by atoms with Crippen LogP contribution in [0.3, 0.4) is 0 Å². The van der Waals surface area contributed by atoms with Crippen LogP contribution >= 0.6 is 0 Å². The molecule has 2 aliphatic rings. The second-order valence-corrected chi connectivity index (χ2v) is 8.96. The average molecular weight is 487 g/mol. The Hall–Kier alpha value is -3.41. The molecule has 3 aromatic rings. The number of fused-ring (bicyclic) bond motifs is 1. The largest absolute Gasteiger partial charge is 0.434 e. The molecule has 0 spiro atoms. The summed E-state index contributed by atoms with van der Waals surface area (Å²) in [4.78, 5) is 39.6. The highest BCUT2D eigenvalue weighted by Crippen LogP contribution is 2.32. The summed E-state index contributed by atoms with van der Waals surface area (Å²) in [7, 11) is 2.12. The average Bonchev–Trinajstić information content (AvgIpc) is 2.88. The smallest absolute Gasteiger partial charge is 0.368 e. The van der Waals surface area contributed by atoms with Crippen LogP contribution in [0.4, 0.5) is 18.9 Å². The van der Waals surface area contributed by atoms with Gasteiger partial charge in [0.25, 0.3) is 5.91 Å². The Kier molecular flexibility index (Phi) is 6.22. The number of halogens is 3. The third-order valence-corrected chi connectivity index (χ3v) is 6.69. The monoisotopic (exact) mass is 486 g/mol. The Morgan fingerprint density at radius 2 is 1.66 bits per heavy atom. The molecule has 0 radical (unpaired) electrons. The minimum atomic E-state index is -4.59. The lowest BCUT2D eigenvalue weighted by Gasteiger charge is -2.34. The quantitative estimate of drug-likeness (QED) is 0.558. The molecule has 0 aromatic carbocycles. The topological polar surface area (TPSA) is 91.2 Å². The van der Waals surface area contributed by atoms with Crippen LogP contribution in [0.1, 0.15) is 40.6 Å². The number of anilines is 1. The van der Waals surface area contributed by atoms with Crippen molar-refractivity contribution in [2.24, 2.45) is 0 Å². The maximum absolute atomic E-state index is 12.7. The number of carbonyl (C=O) groups excluding carboxylic acids is 1. The van der Waals surface area contributed by atoms with Crippen molar-refractivity contribution < 1.29 is 18.0 Å². The van der Waals surface area contributed by atoms with E-state index >= 15 is 0 Å². The van der Waals surface area contributed by atoms with Gasteiger partial charge in [-0.25, -0.2) is 19.9 Å². The third-order valence-electron chi connectivity index (χ3n) is 6.69. The van der Waals surface area contributed by atoms with Crippen LogP contribution in [0, 0.1) is 0 Å². The number of likely N-dealkylation sites (N-methyl/N-ethyl adjacent to an activating group) is 1. The molecule has 2 fully saturated rings. The highest BCUT2D eigenvalue weighted by Gasteiger charge is 2.34. The van der Waals surface area contributed by atoms with Crippen molar-refractivity contribution in [1.82, 2.24) is 34.7 Å². The fourth-order valence-corrected chi connectivity index (χ4v) is 4.59. The Morgan fingerprint density at radius 1 is 0.914 bits per heavy atom. The fraction of sp³-hybridized carbons (Fsp3) is 0.478. The maximum atomic E-state index is 12.7. The van der Waals surface area contributed by atoms with E-state index in [9.17, 15) is 18.0 Å². The highest BCUT2D eigenvalue weighted by molar-refractivity contribution is 5.92. The van der Waals surface area contributed by atoms with Crippen molar-refractivity contribution in [3.8, 4) is 0 Å². The van der Waals surface area contributed by atoms with Gasteiger partial charge in [0.15, 0.2) is 5.69 Å². The summed E-state index contributed by atoms with van der Waals surface area (Å²) < 4.78 is 38.1. The molecule has 0 aliphatic carbocycles. The molecule has 12 heteroatoms. The third kappa shape index (κ3) is 4.88. The van der Waals surface area contributed by atoms with Crippen molar-refractivity contribution in [1.29, 1.82) is 0 Å². The van der Waals surface area contributed by atoms with Gasteiger partial charge in [-0.15, -0.1) is 0 Å². The first-order valence-corrected chi connectivity index (χ1v) is 11.5. The molecule has 184 valence electrons. The van der Waals surface area contributed by atoms with E-state index in [1.165, 1.54) is 0 Å². The van der Waals surface area contributed by atoms with E-state index in [2.05, 4.69) is 42.8 Å². The van der Waals surface area contributed by atoms with E-state index < -0.39 is 17.8 Å². The van der Waals surface area contributed by atoms with E-state index in [4.69, 9.17) is 4.98 Å². The van der Waals surface area contributed by atoms with Crippen LogP contribution in [0.2, 0.25) is 0 Å². The maximum Gasteiger partial charge on any atom is 0.434 e. The van der Waals surface area contributed by atoms with Gasteiger partial charge in [0.2, 0.25) is 0 Å². The Labute approximate surface area is 200 Å². The van der Waals surface area contributed by atoms with Gasteiger partial charge in [-0.3, -0.25) is 9.78 Å². The molecule has 5 rings (SSSR count). The van der Waals surface area contributed by atoms with Crippen molar-refractivity contribution in [3.63, 3.8) is 0 Å². The number of rotatable bonds is 3. The predicted octanol–water partition coefficient (Wildman–Crippen LogP) is 2.61. The van der Waals surface area contributed by atoms with Gasteiger partial charge in [-0.05, 0) is 26.0 Å². The SMILES string of the molecule is CN1CCN(c2cnc3c(C4CCN(C(=O)c5cnc(C(F)(F)F)cn5)CC4)ncnc3c2)CC1. The van der Waals surface area contributed by atoms with Crippen LogP contribution in [0.15, 0.2) is 31.0 Å². The minimum Gasteiger partial charge on any atom is -0.368 e. The second-order valence-electron chi connectivity index (χ2n) is 8.96. The molecular formula is C23H25F3N8O. The molecule has 5 heterocycles. The van der Waals surface area contributed by atoms with E-state index in [0.717, 1.165) is 54.8 Å². The first kappa shape index (κ1) is 23.3. The lowest BCUT2D eigenvalue weighted by atomic mass is 9.92. The summed E-state index contributed by atoms with van der Waals surface area (Å²) in [6, 6.07) is 2.06. The van der Waals surface area contributed by atoms with Crippen molar-refractivity contribution in [3.05, 3.63) is 48.1 Å². The first-order valence-electron chi connectivity index (χ1n) is 11.5. The van der Waals surface area contributed by atoms with Gasteiger partial charge in [-0.2, -0.15) is 13.2 Å². The van der Waals surface area contributed by atoms with E-state index in [-0.39, 0.29) is 11.6 Å². The number of carbonyl (C=O) groups is 1. The number of likely N-dealkylation sites (tertiary alicyclic amines) is 1. The zero-order chi connectivity index (χ0) is 24.6. The molecular weight excluding hydrogens is 461 g/mol. The number of pyridine rings is 1. The Morgan fingerprint density at radius 3 is 2.31 bits per heavy atom. The zero-order valence-electron chi connectivity index (χ0n) is 19.2. The molecule has 3 aromatic heterocycles. The van der Waals surface area contributed by atoms with E-state index in [1.807, 2.05) is 6.20 Å². The lowest BCUT2D eigenvalue weighted by Crippen LogP contribution is -2.44. The van der Waals surface area contributed by atoms with Crippen molar-refractivity contribution in [2.75, 3.05) is 51.2 Å². The summed E-state index contributed by atoms with van der Waals surface area (Å²) in [5.74, 6) is -0.322. The number of hydrogen-bond donors (Lipinski definition) is 0. The molecule has 0 atom stereocenters. The van der Waals surface area contributed by atoms with Gasteiger partial charge in [0.1, 0.15) is 17.5 Å². The number of amides is 1. The number of piperidine rings is 1. The molecule has 2 aliphatic heterocycles. The molecule has 0 bridgehead atoms. The lowest BCUT2D eigenvalue weighted by molar-refractivity contribution is -0.141. The summed E-state index contributed by atoms with van der Waals surface area (Å²) in [6.45, 7) is 4.77. The predicted molar refractivity (Wildman–Crippen MR) is 122 cm³/mol. The highest BCUT2D eigenvalue weighted by atomic mass is 19.4. The molecule has 35 heavy (non-hydrogen) atoms. The fourth-order valence-electron chi connectivity index (χ4n) is 4.59. The first-order chi connectivity index (χ1) is 16.8. The second kappa shape index (κ2) is 9.33. The number of aromatic nitrogens is 5. The van der Waals surface area contributed by atoms with Gasteiger partial charge in [-0.1, -0.05) is 0 Å². The normalized spacial score (nSPS) is 18.3. The summed E-state index contributed by atoms with van der Waals surface area (Å²) in [5, 5.41) is 0. The molecule has 2 saturated heterocycles. The zero-order valence-corrected chi connectivity index (χ0v) is 19.2. The van der Waals surface area contributed by atoms with Gasteiger partial charge in [0.05, 0.1) is 35.5 Å². The number of nitrogens with zero attached hydrogens (tertiary/aromatic N) is 8. The molecule has 9 nitrogen and oxygen atoms in total. The van der Waals surface area contributed by atoms with Crippen molar-refractivity contribution in [2.45, 2.75) is 24.9 Å². The molecule has 0 saturated carbocycles. The Balaban J connectivity index is 1.27. The van der Waals surface area contributed by atoms with Crippen LogP contribution in [-0.4, -0.2) is 86.9 Å². The number of alkyl halides is 3. The van der Waals surface area contributed by atoms with Crippen LogP contribution in [0.5, 0.6) is 0 Å². The summed E-state index contributed by atoms with van der Waals surface area (Å²) >= 11 is 0. The summed E-state index contributed by atoms with van der Waals surface area (Å²) in [5.41, 5.74) is 2.26. The van der Waals surface area contributed by atoms with Crippen LogP contribution < -0.4 is 4.90 Å². The van der Waals surface area contributed by atoms with Crippen molar-refractivity contribution >= 4 is 22.6 Å². The van der Waals surface area contributed by atoms with E-state index in [1.54, 1.807) is 11.2 Å². The number of hydrogen-bond acceptors (Lipinski definition) is 8. The van der Waals surface area contributed by atoms with Gasteiger partial charge >= 0.3 is 6.18 Å². The minimum absolute atomic E-state index is 0.0953. The Bertz CT molecular complexity index is 1200. The standard InChI is InChI=1S/C23H25F3N8O/c1-32-6-8-33(9-7-32)16-10-17-21(29-11-16)20(31-14-30-17)15-2-4-34(5-3-15)22(35)18-12-28-19(13-27-18)23(24,25)26/h10-15H,2-9H2,1H3. The van der Waals surface area contributed by atoms with E-state index in [0.29, 0.717) is 32.1 Å². The summed E-state index contributed by atoms with van der Waals surface area (Å²) in [6.07, 6.45) is 1.64. The molecule has 0 N–H and O–H groups in total. The van der Waals surface area contributed by atoms with Gasteiger partial charge in [0, 0.05) is 45.2 Å². The van der Waals surface area contributed by atoms with Gasteiger partial charge < -0.3 is 14.7 Å². The molecule has 1 amide bonds.